The van der Waals surface area contributed by atoms with Crippen molar-refractivity contribution in [3.8, 4) is 0 Å². The summed E-state index contributed by atoms with van der Waals surface area (Å²) in [4.78, 5) is 11.2. The van der Waals surface area contributed by atoms with Crippen LogP contribution >= 0.6 is 0 Å². The first-order chi connectivity index (χ1) is 5.54. The van der Waals surface area contributed by atoms with Gasteiger partial charge in [0.15, 0.2) is 0 Å². The summed E-state index contributed by atoms with van der Waals surface area (Å²) in [6.07, 6.45) is 2.18. The van der Waals surface area contributed by atoms with Crippen LogP contribution in [-0.4, -0.2) is 13.1 Å². The minimum absolute atomic E-state index is 0.0373. The van der Waals surface area contributed by atoms with Crippen LogP contribution in [0.3, 0.4) is 0 Å². The Balaban J connectivity index is 2.58. The van der Waals surface area contributed by atoms with Crippen molar-refractivity contribution in [3.05, 3.63) is 0 Å². The number of hydrogen-bond acceptors (Lipinski definition) is 2. The molecule has 12 heavy (non-hydrogen) atoms. The molecule has 0 aromatic heterocycles. The Labute approximate surface area is 74.3 Å². The number of ether oxygens (including phenoxy) is 1. The predicted molar refractivity (Wildman–Crippen MR) is 47.7 cm³/mol. The molecule has 0 aromatic rings. The second-order valence-corrected chi connectivity index (χ2v) is 4.24. The van der Waals surface area contributed by atoms with E-state index in [1.807, 2.05) is 0 Å². The highest BCUT2D eigenvalue weighted by Crippen LogP contribution is 2.53. The Kier molecular flexibility index (Phi) is 2.45. The summed E-state index contributed by atoms with van der Waals surface area (Å²) in [7, 11) is 1.47. The molecule has 0 bridgehead atoms. The van der Waals surface area contributed by atoms with Gasteiger partial charge in [-0.25, -0.2) is 0 Å². The molecule has 0 radical (unpaired) electrons. The molecule has 1 rings (SSSR count). The molecule has 1 fully saturated rings. The maximum atomic E-state index is 11.2. The largest absolute Gasteiger partial charge is 0.469 e. The van der Waals surface area contributed by atoms with E-state index >= 15 is 0 Å². The Morgan fingerprint density at radius 1 is 1.58 bits per heavy atom. The molecular weight excluding hydrogens is 152 g/mol. The van der Waals surface area contributed by atoms with Crippen LogP contribution in [0.25, 0.3) is 0 Å². The van der Waals surface area contributed by atoms with Gasteiger partial charge in [0, 0.05) is 0 Å². The number of rotatable bonds is 2. The minimum Gasteiger partial charge on any atom is -0.469 e. The highest BCUT2D eigenvalue weighted by atomic mass is 16.5. The highest BCUT2D eigenvalue weighted by molar-refractivity contribution is 5.74. The van der Waals surface area contributed by atoms with Crippen LogP contribution in [0.1, 0.15) is 33.6 Å². The first kappa shape index (κ1) is 9.56. The molecule has 1 aliphatic rings. The van der Waals surface area contributed by atoms with E-state index in [-0.39, 0.29) is 17.3 Å². The first-order valence-electron chi connectivity index (χ1n) is 4.61. The van der Waals surface area contributed by atoms with Crippen LogP contribution in [0, 0.1) is 17.3 Å². The summed E-state index contributed by atoms with van der Waals surface area (Å²) < 4.78 is 4.74. The second kappa shape index (κ2) is 3.08. The van der Waals surface area contributed by atoms with Gasteiger partial charge in [0.25, 0.3) is 0 Å². The zero-order valence-electron chi connectivity index (χ0n) is 8.39. The van der Waals surface area contributed by atoms with Crippen molar-refractivity contribution >= 4 is 5.97 Å². The summed E-state index contributed by atoms with van der Waals surface area (Å²) >= 11 is 0. The standard InChI is InChI=1S/C10H18O2/c1-5-7-6-8(9(11)12-4)10(7,2)3/h7-8H,5-6H2,1-4H3/t7-,8-/m0/s1. The molecule has 0 spiro atoms. The fourth-order valence-corrected chi connectivity index (χ4v) is 2.25. The fourth-order valence-electron chi connectivity index (χ4n) is 2.25. The molecule has 0 aromatic carbocycles. The molecule has 70 valence electrons. The average molecular weight is 170 g/mol. The van der Waals surface area contributed by atoms with E-state index in [1.165, 1.54) is 13.5 Å². The van der Waals surface area contributed by atoms with Gasteiger partial charge in [-0.1, -0.05) is 27.2 Å². The lowest BCUT2D eigenvalue weighted by molar-refractivity contribution is -0.162. The maximum absolute atomic E-state index is 11.2. The molecule has 1 aliphatic carbocycles. The molecule has 2 nitrogen and oxygen atoms in total. The quantitative estimate of drug-likeness (QED) is 0.594. The van der Waals surface area contributed by atoms with E-state index in [2.05, 4.69) is 20.8 Å². The molecule has 1 saturated carbocycles. The van der Waals surface area contributed by atoms with Gasteiger partial charge in [-0.3, -0.25) is 4.79 Å². The third-order valence-corrected chi connectivity index (χ3v) is 3.45. The Bertz CT molecular complexity index is 184. The van der Waals surface area contributed by atoms with Crippen molar-refractivity contribution in [1.82, 2.24) is 0 Å². The maximum Gasteiger partial charge on any atom is 0.309 e. The smallest absolute Gasteiger partial charge is 0.309 e. The first-order valence-corrected chi connectivity index (χ1v) is 4.61. The molecule has 0 N–H and O–H groups in total. The van der Waals surface area contributed by atoms with E-state index in [4.69, 9.17) is 4.74 Å². The normalized spacial score (nSPS) is 32.3. The van der Waals surface area contributed by atoms with Crippen molar-refractivity contribution in [2.75, 3.05) is 7.11 Å². The molecular formula is C10H18O2. The van der Waals surface area contributed by atoms with Gasteiger partial charge in [0.05, 0.1) is 13.0 Å². The molecule has 0 heterocycles. The zero-order valence-corrected chi connectivity index (χ0v) is 8.39. The molecule has 2 atom stereocenters. The van der Waals surface area contributed by atoms with Crippen LogP contribution in [0.15, 0.2) is 0 Å². The third kappa shape index (κ3) is 1.23. The molecule has 0 aliphatic heterocycles. The van der Waals surface area contributed by atoms with Crippen LogP contribution < -0.4 is 0 Å². The van der Waals surface area contributed by atoms with E-state index in [0.717, 1.165) is 6.42 Å². The van der Waals surface area contributed by atoms with E-state index in [9.17, 15) is 4.79 Å². The number of esters is 1. The van der Waals surface area contributed by atoms with E-state index in [1.54, 1.807) is 0 Å². The Morgan fingerprint density at radius 2 is 2.17 bits per heavy atom. The topological polar surface area (TPSA) is 26.3 Å². The van der Waals surface area contributed by atoms with Crippen LogP contribution in [-0.2, 0) is 9.53 Å². The van der Waals surface area contributed by atoms with Crippen LogP contribution in [0.5, 0.6) is 0 Å². The average Bonchev–Trinajstić information content (AvgIpc) is 2.03. The summed E-state index contributed by atoms with van der Waals surface area (Å²) in [5.41, 5.74) is 0.155. The van der Waals surface area contributed by atoms with E-state index in [0.29, 0.717) is 5.92 Å². The van der Waals surface area contributed by atoms with Crippen molar-refractivity contribution in [3.63, 3.8) is 0 Å². The van der Waals surface area contributed by atoms with Crippen molar-refractivity contribution in [2.24, 2.45) is 17.3 Å². The number of carbonyl (C=O) groups is 1. The fraction of sp³-hybridized carbons (Fsp3) is 0.900. The number of carbonyl (C=O) groups excluding carboxylic acids is 1. The third-order valence-electron chi connectivity index (χ3n) is 3.45. The summed E-state index contributed by atoms with van der Waals surface area (Å²) in [6, 6.07) is 0. The number of hydrogen-bond donors (Lipinski definition) is 0. The predicted octanol–water partition coefficient (Wildman–Crippen LogP) is 2.23. The highest BCUT2D eigenvalue weighted by Gasteiger charge is 2.51. The van der Waals surface area contributed by atoms with Gasteiger partial charge in [0.2, 0.25) is 0 Å². The van der Waals surface area contributed by atoms with Gasteiger partial charge in [-0.15, -0.1) is 0 Å². The second-order valence-electron chi connectivity index (χ2n) is 4.24. The zero-order chi connectivity index (χ0) is 9.35. The molecule has 2 heteroatoms. The van der Waals surface area contributed by atoms with Crippen molar-refractivity contribution < 1.29 is 9.53 Å². The van der Waals surface area contributed by atoms with Crippen LogP contribution in [0.2, 0.25) is 0 Å². The monoisotopic (exact) mass is 170 g/mol. The van der Waals surface area contributed by atoms with Gasteiger partial charge in [0.1, 0.15) is 0 Å². The lowest BCUT2D eigenvalue weighted by Gasteiger charge is -2.50. The lowest BCUT2D eigenvalue weighted by atomic mass is 9.54. The SMILES string of the molecule is CC[C@H]1C[C@@H](C(=O)OC)C1(C)C. The summed E-state index contributed by atoms with van der Waals surface area (Å²) in [5.74, 6) is 0.791. The minimum atomic E-state index is -0.0373. The van der Waals surface area contributed by atoms with Gasteiger partial charge in [-0.05, 0) is 17.8 Å². The van der Waals surface area contributed by atoms with Crippen molar-refractivity contribution in [2.45, 2.75) is 33.6 Å². The van der Waals surface area contributed by atoms with Gasteiger partial charge >= 0.3 is 5.97 Å². The summed E-state index contributed by atoms with van der Waals surface area (Å²) in [5, 5.41) is 0. The molecule has 0 saturated heterocycles. The molecule has 0 unspecified atom stereocenters. The van der Waals surface area contributed by atoms with Gasteiger partial charge < -0.3 is 4.74 Å². The molecule has 0 amide bonds. The Morgan fingerprint density at radius 3 is 2.50 bits per heavy atom. The van der Waals surface area contributed by atoms with Crippen molar-refractivity contribution in [1.29, 1.82) is 0 Å². The van der Waals surface area contributed by atoms with Gasteiger partial charge in [-0.2, -0.15) is 0 Å². The van der Waals surface area contributed by atoms with Crippen LogP contribution in [0.4, 0.5) is 0 Å². The Hall–Kier alpha value is -0.530. The summed E-state index contributed by atoms with van der Waals surface area (Å²) in [6.45, 7) is 6.50. The number of methoxy groups -OCH3 is 1. The lowest BCUT2D eigenvalue weighted by Crippen LogP contribution is -2.48. The van der Waals surface area contributed by atoms with E-state index < -0.39 is 0 Å².